The Bertz CT molecular complexity index is 1030. The number of nitrogens with one attached hydrogen (secondary N) is 1. The largest absolute Gasteiger partial charge is 0.351 e. The Kier molecular flexibility index (Phi) is 7.39. The van der Waals surface area contributed by atoms with Crippen molar-refractivity contribution in [2.45, 2.75) is 109 Å². The maximum atomic E-state index is 13.9. The summed E-state index contributed by atoms with van der Waals surface area (Å²) in [5.41, 5.74) is 1.44. The van der Waals surface area contributed by atoms with E-state index < -0.39 is 5.54 Å². The van der Waals surface area contributed by atoms with E-state index in [0.29, 0.717) is 18.8 Å². The molecule has 190 valence electrons. The minimum Gasteiger partial charge on any atom is -0.351 e. The van der Waals surface area contributed by atoms with E-state index in [1.54, 1.807) is 4.68 Å². The van der Waals surface area contributed by atoms with E-state index in [1.807, 2.05) is 36.1 Å². The molecule has 0 saturated heterocycles. The van der Waals surface area contributed by atoms with Crippen LogP contribution in [0.15, 0.2) is 36.4 Å². The van der Waals surface area contributed by atoms with Gasteiger partial charge >= 0.3 is 0 Å². The zero-order valence-corrected chi connectivity index (χ0v) is 22.1. The van der Waals surface area contributed by atoms with Crippen LogP contribution < -0.4 is 5.32 Å². The quantitative estimate of drug-likeness (QED) is 0.623. The molecule has 4 rings (SSSR count). The van der Waals surface area contributed by atoms with Gasteiger partial charge in [-0.3, -0.25) is 14.3 Å². The first-order valence-corrected chi connectivity index (χ1v) is 13.4. The first kappa shape index (κ1) is 25.5. The van der Waals surface area contributed by atoms with Crippen LogP contribution in [0.5, 0.6) is 0 Å². The number of carbonyl (C=O) groups is 2. The van der Waals surface area contributed by atoms with Gasteiger partial charge < -0.3 is 10.2 Å². The smallest absolute Gasteiger partial charge is 0.273 e. The molecule has 0 radical (unpaired) electrons. The third-order valence-corrected chi connectivity index (χ3v) is 7.82. The molecule has 35 heavy (non-hydrogen) atoms. The Balaban J connectivity index is 1.65. The Morgan fingerprint density at radius 1 is 1.11 bits per heavy atom. The van der Waals surface area contributed by atoms with Crippen molar-refractivity contribution in [2.24, 2.45) is 0 Å². The van der Waals surface area contributed by atoms with Crippen molar-refractivity contribution >= 4 is 11.8 Å². The Labute approximate surface area is 210 Å². The summed E-state index contributed by atoms with van der Waals surface area (Å²) in [7, 11) is 0. The molecular weight excluding hydrogens is 436 g/mol. The summed E-state index contributed by atoms with van der Waals surface area (Å²) in [6, 6.07) is 12.3. The lowest BCUT2D eigenvalue weighted by Crippen LogP contribution is -2.65. The number of aromatic nitrogens is 2. The number of fused-ring (bicyclic) bond motifs is 1. The fourth-order valence-corrected chi connectivity index (χ4v) is 5.40. The number of rotatable bonds is 5. The number of carbonyl (C=O) groups excluding carboxylic acids is 2. The first-order chi connectivity index (χ1) is 16.6. The molecular formula is C29H42N4O2. The van der Waals surface area contributed by atoms with E-state index in [-0.39, 0.29) is 29.2 Å². The molecule has 2 amide bonds. The summed E-state index contributed by atoms with van der Waals surface area (Å²) in [5.74, 6) is -0.0716. The van der Waals surface area contributed by atoms with Crippen LogP contribution >= 0.6 is 0 Å². The molecule has 2 aliphatic rings. The van der Waals surface area contributed by atoms with Crippen LogP contribution in [0, 0.1) is 0 Å². The Morgan fingerprint density at radius 3 is 2.37 bits per heavy atom. The molecule has 0 spiro atoms. The van der Waals surface area contributed by atoms with Crippen LogP contribution in [0.2, 0.25) is 0 Å². The molecule has 6 nitrogen and oxygen atoms in total. The van der Waals surface area contributed by atoms with Crippen LogP contribution in [0.3, 0.4) is 0 Å². The first-order valence-electron chi connectivity index (χ1n) is 13.4. The van der Waals surface area contributed by atoms with Gasteiger partial charge in [-0.1, -0.05) is 90.1 Å². The molecule has 1 N–H and O–H groups in total. The van der Waals surface area contributed by atoms with Gasteiger partial charge in [0.1, 0.15) is 11.2 Å². The average molecular weight is 479 g/mol. The minimum absolute atomic E-state index is 0.0601. The molecule has 1 aromatic heterocycles. The lowest BCUT2D eigenvalue weighted by molar-refractivity contribution is -0.134. The van der Waals surface area contributed by atoms with Gasteiger partial charge in [0.05, 0.1) is 12.2 Å². The van der Waals surface area contributed by atoms with E-state index in [9.17, 15) is 9.59 Å². The third-order valence-electron chi connectivity index (χ3n) is 7.82. The number of hydrogen-bond donors (Lipinski definition) is 1. The zero-order valence-electron chi connectivity index (χ0n) is 22.1. The number of nitrogens with zero attached hydrogens (tertiary/aromatic N) is 3. The van der Waals surface area contributed by atoms with Crippen LogP contribution in [0.4, 0.5) is 0 Å². The molecule has 1 aliphatic heterocycles. The second-order valence-corrected chi connectivity index (χ2v) is 11.8. The highest BCUT2D eigenvalue weighted by Gasteiger charge is 2.49. The molecule has 2 heterocycles. The predicted molar refractivity (Wildman–Crippen MR) is 139 cm³/mol. The third kappa shape index (κ3) is 5.46. The van der Waals surface area contributed by atoms with Gasteiger partial charge in [0, 0.05) is 18.0 Å². The number of benzene rings is 1. The predicted octanol–water partition coefficient (Wildman–Crippen LogP) is 5.43. The summed E-state index contributed by atoms with van der Waals surface area (Å²) < 4.78 is 1.77. The summed E-state index contributed by atoms with van der Waals surface area (Å²) in [6.07, 6.45) is 8.07. The standard InChI is InChI=1S/C29H42N4O2/c1-21(22-14-10-9-11-15-22)19-32-26(34)24-18-25(28(2,3)4)31-33(24)20-29(32,5)27(35)30-23-16-12-7-6-8-13-17-23/h9-11,14-15,18,21,23H,6-8,12-13,16-17,19-20H2,1-5H3,(H,30,35)/t21-,29-/m0/s1. The van der Waals surface area contributed by atoms with Crippen molar-refractivity contribution < 1.29 is 9.59 Å². The molecule has 0 unspecified atom stereocenters. The summed E-state index contributed by atoms with van der Waals surface area (Å²) in [5, 5.41) is 8.14. The summed E-state index contributed by atoms with van der Waals surface area (Å²) in [6.45, 7) is 11.2. The number of amides is 2. The fraction of sp³-hybridized carbons (Fsp3) is 0.621. The van der Waals surface area contributed by atoms with E-state index in [2.05, 4.69) is 45.1 Å². The van der Waals surface area contributed by atoms with Gasteiger partial charge in [-0.15, -0.1) is 0 Å². The highest BCUT2D eigenvalue weighted by molar-refractivity contribution is 5.99. The van der Waals surface area contributed by atoms with Crippen molar-refractivity contribution in [1.82, 2.24) is 20.0 Å². The van der Waals surface area contributed by atoms with E-state index in [0.717, 1.165) is 36.9 Å². The highest BCUT2D eigenvalue weighted by Crippen LogP contribution is 2.33. The maximum absolute atomic E-state index is 13.9. The van der Waals surface area contributed by atoms with Crippen molar-refractivity contribution in [1.29, 1.82) is 0 Å². The molecule has 1 aliphatic carbocycles. The minimum atomic E-state index is -1.00. The monoisotopic (exact) mass is 478 g/mol. The SMILES string of the molecule is C[C@@H](CN1C(=O)c2cc(C(C)(C)C)nn2C[C@@]1(C)C(=O)NC1CCCCCCC1)c1ccccc1. The van der Waals surface area contributed by atoms with Gasteiger partial charge in [-0.05, 0) is 37.3 Å². The molecule has 1 fully saturated rings. The second-order valence-electron chi connectivity index (χ2n) is 11.8. The van der Waals surface area contributed by atoms with Gasteiger partial charge in [-0.25, -0.2) is 0 Å². The second kappa shape index (κ2) is 10.2. The number of hydrogen-bond acceptors (Lipinski definition) is 3. The van der Waals surface area contributed by atoms with Gasteiger partial charge in [-0.2, -0.15) is 5.10 Å². The van der Waals surface area contributed by atoms with Gasteiger partial charge in [0.15, 0.2) is 0 Å². The lowest BCUT2D eigenvalue weighted by Gasteiger charge is -2.45. The van der Waals surface area contributed by atoms with Gasteiger partial charge in [0.2, 0.25) is 5.91 Å². The summed E-state index contributed by atoms with van der Waals surface area (Å²) in [4.78, 5) is 29.7. The zero-order chi connectivity index (χ0) is 25.2. The molecule has 2 atom stereocenters. The topological polar surface area (TPSA) is 67.2 Å². The van der Waals surface area contributed by atoms with Crippen LogP contribution in [0.1, 0.15) is 107 Å². The van der Waals surface area contributed by atoms with E-state index in [4.69, 9.17) is 5.10 Å². The Morgan fingerprint density at radius 2 is 1.74 bits per heavy atom. The maximum Gasteiger partial charge on any atom is 0.273 e. The molecule has 1 aromatic carbocycles. The lowest BCUT2D eigenvalue weighted by atomic mass is 9.89. The Hall–Kier alpha value is -2.63. The van der Waals surface area contributed by atoms with E-state index in [1.165, 1.54) is 19.3 Å². The average Bonchev–Trinajstić information content (AvgIpc) is 3.23. The van der Waals surface area contributed by atoms with Crippen molar-refractivity contribution in [3.8, 4) is 0 Å². The van der Waals surface area contributed by atoms with Crippen LogP contribution in [0.25, 0.3) is 0 Å². The molecule has 6 heteroatoms. The van der Waals surface area contributed by atoms with Crippen molar-refractivity contribution in [3.63, 3.8) is 0 Å². The highest BCUT2D eigenvalue weighted by atomic mass is 16.2. The molecule has 0 bridgehead atoms. The fourth-order valence-electron chi connectivity index (χ4n) is 5.40. The summed E-state index contributed by atoms with van der Waals surface area (Å²) >= 11 is 0. The van der Waals surface area contributed by atoms with Crippen LogP contribution in [-0.4, -0.2) is 44.6 Å². The van der Waals surface area contributed by atoms with Gasteiger partial charge in [0.25, 0.3) is 5.91 Å². The molecule has 2 aromatic rings. The van der Waals surface area contributed by atoms with Crippen molar-refractivity contribution in [2.75, 3.05) is 6.54 Å². The van der Waals surface area contributed by atoms with Crippen molar-refractivity contribution in [3.05, 3.63) is 53.3 Å². The normalized spacial score (nSPS) is 22.8. The van der Waals surface area contributed by atoms with E-state index >= 15 is 0 Å². The van der Waals surface area contributed by atoms with Crippen LogP contribution in [-0.2, 0) is 16.8 Å². The molecule has 1 saturated carbocycles.